The zero-order chi connectivity index (χ0) is 5.98. The lowest BCUT2D eigenvalue weighted by Gasteiger charge is -1.79. The molecule has 0 aliphatic rings. The average molecular weight is 149 g/mol. The Balaban J connectivity index is 2.84. The van der Waals surface area contributed by atoms with Gasteiger partial charge in [0.15, 0.2) is 0 Å². The second-order valence-electron chi connectivity index (χ2n) is 1.27. The Morgan fingerprint density at radius 2 is 2.62 bits per heavy atom. The third-order valence-corrected chi connectivity index (χ3v) is 1.89. The molecule has 0 atom stereocenters. The number of rotatable bonds is 1. The van der Waals surface area contributed by atoms with Crippen LogP contribution in [-0.2, 0) is 6.54 Å². The zero-order valence-corrected chi connectivity index (χ0v) is 5.67. The molecular weight excluding hydrogens is 144 g/mol. The second-order valence-corrected chi connectivity index (χ2v) is 2.60. The number of halogens is 1. The lowest BCUT2D eigenvalue weighted by atomic mass is 10.7. The van der Waals surface area contributed by atoms with Gasteiger partial charge in [-0.05, 0) is 0 Å². The van der Waals surface area contributed by atoms with Crippen LogP contribution in [0.3, 0.4) is 0 Å². The van der Waals surface area contributed by atoms with Crippen LogP contribution in [0, 0.1) is 0 Å². The van der Waals surface area contributed by atoms with Gasteiger partial charge in [-0.25, -0.2) is 4.98 Å². The molecule has 0 spiro atoms. The van der Waals surface area contributed by atoms with E-state index in [1.54, 1.807) is 5.38 Å². The van der Waals surface area contributed by atoms with Gasteiger partial charge in [0.1, 0.15) is 10.2 Å². The highest BCUT2D eigenvalue weighted by molar-refractivity contribution is 7.10. The van der Waals surface area contributed by atoms with E-state index in [0.717, 1.165) is 5.01 Å². The molecule has 0 fully saturated rings. The number of thiazole rings is 1. The lowest BCUT2D eigenvalue weighted by Crippen LogP contribution is -1.93. The van der Waals surface area contributed by atoms with Crippen molar-refractivity contribution in [2.75, 3.05) is 0 Å². The van der Waals surface area contributed by atoms with Gasteiger partial charge in [0.05, 0.1) is 0 Å². The Labute approximate surface area is 56.3 Å². The average Bonchev–Trinajstić information content (AvgIpc) is 2.14. The van der Waals surface area contributed by atoms with E-state index in [0.29, 0.717) is 11.7 Å². The molecule has 4 heteroatoms. The lowest BCUT2D eigenvalue weighted by molar-refractivity contribution is 1.04. The second kappa shape index (κ2) is 2.44. The molecule has 2 N–H and O–H groups in total. The van der Waals surface area contributed by atoms with E-state index in [9.17, 15) is 0 Å². The highest BCUT2D eigenvalue weighted by Gasteiger charge is 1.93. The maximum Gasteiger partial charge on any atom is 0.140 e. The van der Waals surface area contributed by atoms with Gasteiger partial charge in [0.2, 0.25) is 0 Å². The number of hydrogen-bond donors (Lipinski definition) is 1. The number of nitrogens with two attached hydrogens (primary N) is 1. The fourth-order valence-electron chi connectivity index (χ4n) is 0.382. The Bertz CT molecular complexity index is 174. The summed E-state index contributed by atoms with van der Waals surface area (Å²) < 4.78 is 0. The third kappa shape index (κ3) is 1.18. The van der Waals surface area contributed by atoms with Gasteiger partial charge in [-0.15, -0.1) is 11.3 Å². The van der Waals surface area contributed by atoms with Crippen molar-refractivity contribution in [2.24, 2.45) is 5.73 Å². The molecule has 2 nitrogen and oxygen atoms in total. The Kier molecular flexibility index (Phi) is 1.83. The minimum absolute atomic E-state index is 0.484. The monoisotopic (exact) mass is 148 g/mol. The first-order valence-electron chi connectivity index (χ1n) is 2.13. The molecule has 1 aromatic rings. The van der Waals surface area contributed by atoms with E-state index in [1.807, 2.05) is 0 Å². The fraction of sp³-hybridized carbons (Fsp3) is 0.250. The van der Waals surface area contributed by atoms with Crippen molar-refractivity contribution in [3.8, 4) is 0 Å². The normalized spacial score (nSPS) is 9.75. The van der Waals surface area contributed by atoms with Crippen LogP contribution in [0.25, 0.3) is 0 Å². The largest absolute Gasteiger partial charge is 0.325 e. The van der Waals surface area contributed by atoms with Gasteiger partial charge in [0.25, 0.3) is 0 Å². The molecule has 1 aromatic heterocycles. The van der Waals surface area contributed by atoms with Gasteiger partial charge in [-0.3, -0.25) is 0 Å². The Morgan fingerprint density at radius 3 is 2.88 bits per heavy atom. The quantitative estimate of drug-likeness (QED) is 0.651. The first-order chi connectivity index (χ1) is 3.83. The highest BCUT2D eigenvalue weighted by Crippen LogP contribution is 2.12. The van der Waals surface area contributed by atoms with Crippen molar-refractivity contribution in [1.29, 1.82) is 0 Å². The molecule has 0 aliphatic heterocycles. The molecule has 1 rings (SSSR count). The number of hydrogen-bond acceptors (Lipinski definition) is 3. The molecule has 0 bridgehead atoms. The summed E-state index contributed by atoms with van der Waals surface area (Å²) in [4.78, 5) is 3.89. The summed E-state index contributed by atoms with van der Waals surface area (Å²) in [6, 6.07) is 0. The Hall–Kier alpha value is -0.120. The van der Waals surface area contributed by atoms with Crippen molar-refractivity contribution < 1.29 is 0 Å². The van der Waals surface area contributed by atoms with Crippen LogP contribution in [0.15, 0.2) is 5.38 Å². The van der Waals surface area contributed by atoms with Gasteiger partial charge < -0.3 is 5.73 Å². The van der Waals surface area contributed by atoms with E-state index < -0.39 is 0 Å². The molecule has 0 radical (unpaired) electrons. The van der Waals surface area contributed by atoms with Crippen molar-refractivity contribution in [2.45, 2.75) is 6.54 Å². The number of aromatic nitrogens is 1. The van der Waals surface area contributed by atoms with Crippen molar-refractivity contribution in [1.82, 2.24) is 4.98 Å². The van der Waals surface area contributed by atoms with Gasteiger partial charge >= 0.3 is 0 Å². The van der Waals surface area contributed by atoms with Crippen molar-refractivity contribution >= 4 is 22.9 Å². The maximum absolute atomic E-state index is 5.48. The van der Waals surface area contributed by atoms with E-state index in [1.165, 1.54) is 11.3 Å². The molecule has 8 heavy (non-hydrogen) atoms. The van der Waals surface area contributed by atoms with Crippen LogP contribution in [0.2, 0.25) is 5.15 Å². The minimum atomic E-state index is 0.484. The van der Waals surface area contributed by atoms with Gasteiger partial charge in [-0.2, -0.15) is 0 Å². The topological polar surface area (TPSA) is 38.9 Å². The molecule has 0 saturated heterocycles. The zero-order valence-electron chi connectivity index (χ0n) is 4.10. The van der Waals surface area contributed by atoms with Crippen LogP contribution in [0.5, 0.6) is 0 Å². The van der Waals surface area contributed by atoms with Crippen LogP contribution in [0.1, 0.15) is 5.01 Å². The van der Waals surface area contributed by atoms with Gasteiger partial charge in [0, 0.05) is 11.9 Å². The molecule has 0 saturated carbocycles. The SMILES string of the molecule is NCc1nc(Cl)cs1. The number of nitrogens with zero attached hydrogens (tertiary/aromatic N) is 1. The third-order valence-electron chi connectivity index (χ3n) is 0.698. The Morgan fingerprint density at radius 1 is 1.88 bits per heavy atom. The summed E-state index contributed by atoms with van der Waals surface area (Å²) in [6.45, 7) is 0.484. The summed E-state index contributed by atoms with van der Waals surface area (Å²) in [5, 5.41) is 3.19. The van der Waals surface area contributed by atoms with E-state index in [-0.39, 0.29) is 0 Å². The summed E-state index contributed by atoms with van der Waals surface area (Å²) in [5.74, 6) is 0. The predicted octanol–water partition coefficient (Wildman–Crippen LogP) is 1.26. The van der Waals surface area contributed by atoms with E-state index in [2.05, 4.69) is 4.98 Å². The minimum Gasteiger partial charge on any atom is -0.325 e. The molecule has 0 amide bonds. The molecule has 0 aromatic carbocycles. The molecule has 1 heterocycles. The maximum atomic E-state index is 5.48. The van der Waals surface area contributed by atoms with E-state index in [4.69, 9.17) is 17.3 Å². The van der Waals surface area contributed by atoms with Crippen LogP contribution in [0.4, 0.5) is 0 Å². The van der Waals surface area contributed by atoms with Gasteiger partial charge in [-0.1, -0.05) is 11.6 Å². The van der Waals surface area contributed by atoms with Crippen molar-refractivity contribution in [3.63, 3.8) is 0 Å². The molecule has 0 aliphatic carbocycles. The summed E-state index contributed by atoms with van der Waals surface area (Å²) in [5.41, 5.74) is 5.25. The van der Waals surface area contributed by atoms with Crippen LogP contribution < -0.4 is 5.73 Å². The summed E-state index contributed by atoms with van der Waals surface area (Å²) in [6.07, 6.45) is 0. The highest BCUT2D eigenvalue weighted by atomic mass is 35.5. The van der Waals surface area contributed by atoms with Crippen molar-refractivity contribution in [3.05, 3.63) is 15.5 Å². The molecule has 0 unspecified atom stereocenters. The van der Waals surface area contributed by atoms with Crippen LogP contribution in [-0.4, -0.2) is 4.98 Å². The standard InChI is InChI=1S/C4H5ClN2S/c5-3-2-8-4(1-6)7-3/h2H,1,6H2. The summed E-state index contributed by atoms with van der Waals surface area (Å²) >= 11 is 6.96. The first-order valence-corrected chi connectivity index (χ1v) is 3.38. The first kappa shape index (κ1) is 6.01. The predicted molar refractivity (Wildman–Crippen MR) is 35.0 cm³/mol. The molecule has 44 valence electrons. The summed E-state index contributed by atoms with van der Waals surface area (Å²) in [7, 11) is 0. The smallest absolute Gasteiger partial charge is 0.140 e. The van der Waals surface area contributed by atoms with E-state index >= 15 is 0 Å². The van der Waals surface area contributed by atoms with Crippen LogP contribution >= 0.6 is 22.9 Å². The fourth-order valence-corrected chi connectivity index (χ4v) is 1.20. The molecular formula is C4H5ClN2S.